The lowest BCUT2D eigenvalue weighted by atomic mass is 9.96. The summed E-state index contributed by atoms with van der Waals surface area (Å²) in [5, 5.41) is 3.13. The Morgan fingerprint density at radius 1 is 0.971 bits per heavy atom. The third kappa shape index (κ3) is 3.77. The van der Waals surface area contributed by atoms with Crippen LogP contribution in [0.25, 0.3) is 16.9 Å². The zero-order valence-corrected chi connectivity index (χ0v) is 19.6. The highest BCUT2D eigenvalue weighted by molar-refractivity contribution is 7.90. The van der Waals surface area contributed by atoms with Crippen molar-refractivity contribution < 1.29 is 13.2 Å². The number of imidazole rings is 1. The van der Waals surface area contributed by atoms with Gasteiger partial charge in [-0.1, -0.05) is 48.5 Å². The fourth-order valence-electron chi connectivity index (χ4n) is 4.83. The van der Waals surface area contributed by atoms with Crippen molar-refractivity contribution in [2.75, 3.05) is 18.4 Å². The summed E-state index contributed by atoms with van der Waals surface area (Å²) in [6, 6.07) is 22.3. The number of carbonyl (C=O) groups excluding carboxylic acids is 1. The summed E-state index contributed by atoms with van der Waals surface area (Å²) < 4.78 is 31.0. The summed E-state index contributed by atoms with van der Waals surface area (Å²) >= 11 is 0. The molecular formula is C26H23N5O3S. The molecule has 0 spiro atoms. The molecule has 1 saturated heterocycles. The van der Waals surface area contributed by atoms with Crippen molar-refractivity contribution in [2.24, 2.45) is 10.3 Å². The molecule has 0 radical (unpaired) electrons. The van der Waals surface area contributed by atoms with Crippen LogP contribution in [0.2, 0.25) is 0 Å². The lowest BCUT2D eigenvalue weighted by Gasteiger charge is -2.33. The van der Waals surface area contributed by atoms with Gasteiger partial charge in [-0.25, -0.2) is 4.98 Å². The smallest absolute Gasteiger partial charge is 0.285 e. The van der Waals surface area contributed by atoms with Crippen LogP contribution < -0.4 is 5.32 Å². The summed E-state index contributed by atoms with van der Waals surface area (Å²) in [4.78, 5) is 20.4. The number of anilines is 1. The molecule has 1 unspecified atom stereocenters. The van der Waals surface area contributed by atoms with Crippen molar-refractivity contribution in [1.29, 1.82) is 0 Å². The molecule has 1 fully saturated rings. The number of amidine groups is 1. The van der Waals surface area contributed by atoms with E-state index in [0.717, 1.165) is 17.6 Å². The number of sulfonamides is 1. The Morgan fingerprint density at radius 2 is 1.74 bits per heavy atom. The Kier molecular flexibility index (Phi) is 5.14. The van der Waals surface area contributed by atoms with E-state index in [-0.39, 0.29) is 16.7 Å². The lowest BCUT2D eigenvalue weighted by Crippen LogP contribution is -2.43. The molecule has 2 aromatic carbocycles. The van der Waals surface area contributed by atoms with Crippen LogP contribution in [0.5, 0.6) is 0 Å². The average molecular weight is 486 g/mol. The third-order valence-corrected chi connectivity index (χ3v) is 7.85. The molecule has 2 aliphatic rings. The highest BCUT2D eigenvalue weighted by atomic mass is 32.2. The molecule has 1 N–H and O–H groups in total. The number of fused-ring (bicyclic) bond motifs is 2. The number of hydrogen-bond acceptors (Lipinski definition) is 5. The van der Waals surface area contributed by atoms with Gasteiger partial charge in [0.15, 0.2) is 5.84 Å². The molecule has 8 nitrogen and oxygen atoms in total. The average Bonchev–Trinajstić information content (AvgIpc) is 3.39. The number of rotatable bonds is 3. The van der Waals surface area contributed by atoms with Crippen LogP contribution in [0.4, 0.5) is 5.82 Å². The predicted molar refractivity (Wildman–Crippen MR) is 134 cm³/mol. The molecule has 1 amide bonds. The second kappa shape index (κ2) is 8.35. The molecule has 35 heavy (non-hydrogen) atoms. The molecule has 0 bridgehead atoms. The maximum absolute atomic E-state index is 13.5. The number of hydrogen-bond donors (Lipinski definition) is 1. The number of amides is 1. The molecule has 2 aliphatic heterocycles. The van der Waals surface area contributed by atoms with E-state index in [2.05, 4.69) is 9.71 Å². The number of nitrogens with one attached hydrogen (secondary N) is 1. The number of aromatic nitrogens is 2. The van der Waals surface area contributed by atoms with E-state index < -0.39 is 10.0 Å². The number of piperidine rings is 1. The Bertz CT molecular complexity index is 1580. The van der Waals surface area contributed by atoms with Gasteiger partial charge in [0, 0.05) is 30.4 Å². The van der Waals surface area contributed by atoms with Gasteiger partial charge in [0.1, 0.15) is 22.1 Å². The van der Waals surface area contributed by atoms with Gasteiger partial charge in [0.05, 0.1) is 5.92 Å². The zero-order chi connectivity index (χ0) is 24.0. The molecule has 4 aromatic rings. The second-order valence-electron chi connectivity index (χ2n) is 8.76. The van der Waals surface area contributed by atoms with Gasteiger partial charge in [0.2, 0.25) is 5.91 Å². The van der Waals surface area contributed by atoms with Gasteiger partial charge in [0.25, 0.3) is 10.0 Å². The second-order valence-corrected chi connectivity index (χ2v) is 10.3. The fraction of sp³-hybridized carbons (Fsp3) is 0.192. The Hall–Kier alpha value is -3.98. The van der Waals surface area contributed by atoms with Crippen molar-refractivity contribution in [2.45, 2.75) is 17.7 Å². The number of likely N-dealkylation sites (tertiary alicyclic amines) is 1. The Morgan fingerprint density at radius 3 is 2.60 bits per heavy atom. The molecule has 2 aromatic heterocycles. The van der Waals surface area contributed by atoms with Crippen LogP contribution in [0.3, 0.4) is 0 Å². The van der Waals surface area contributed by atoms with Gasteiger partial charge < -0.3 is 10.2 Å². The summed E-state index contributed by atoms with van der Waals surface area (Å²) in [7, 11) is -3.71. The van der Waals surface area contributed by atoms with E-state index in [1.54, 1.807) is 24.3 Å². The molecule has 9 heteroatoms. The van der Waals surface area contributed by atoms with Gasteiger partial charge in [-0.2, -0.15) is 8.42 Å². The molecule has 176 valence electrons. The fourth-order valence-corrected chi connectivity index (χ4v) is 6.06. The topological polar surface area (TPSA) is 96.1 Å². The summed E-state index contributed by atoms with van der Waals surface area (Å²) in [6.45, 7) is 1.04. The van der Waals surface area contributed by atoms with E-state index in [1.165, 1.54) is 0 Å². The van der Waals surface area contributed by atoms with Crippen molar-refractivity contribution in [3.05, 3.63) is 84.6 Å². The summed E-state index contributed by atoms with van der Waals surface area (Å²) in [5.74, 6) is 0.616. The van der Waals surface area contributed by atoms with E-state index in [9.17, 15) is 13.2 Å². The summed E-state index contributed by atoms with van der Waals surface area (Å²) in [5.41, 5.74) is 2.97. The number of benzene rings is 2. The minimum atomic E-state index is -3.71. The molecule has 1 atom stereocenters. The van der Waals surface area contributed by atoms with Crippen LogP contribution in [0, 0.1) is 5.92 Å². The van der Waals surface area contributed by atoms with Crippen LogP contribution in [0.1, 0.15) is 18.4 Å². The molecule has 0 aliphatic carbocycles. The van der Waals surface area contributed by atoms with E-state index in [1.807, 2.05) is 64.0 Å². The Labute approximate surface area is 203 Å². The van der Waals surface area contributed by atoms with Crippen molar-refractivity contribution in [3.63, 3.8) is 0 Å². The van der Waals surface area contributed by atoms with Crippen molar-refractivity contribution >= 4 is 33.2 Å². The first kappa shape index (κ1) is 21.5. The maximum atomic E-state index is 13.5. The van der Waals surface area contributed by atoms with Gasteiger partial charge in [-0.05, 0) is 37.1 Å². The zero-order valence-electron chi connectivity index (χ0n) is 18.8. The van der Waals surface area contributed by atoms with Gasteiger partial charge >= 0.3 is 0 Å². The largest absolute Gasteiger partial charge is 0.355 e. The Balaban J connectivity index is 1.29. The SMILES string of the molecule is O=C(Nc1c(-c2ccccc2)nc2ccccn12)C1CCCN(C2=NS(=O)(=O)c3ccccc32)C1. The lowest BCUT2D eigenvalue weighted by molar-refractivity contribution is -0.121. The van der Waals surface area contributed by atoms with Crippen LogP contribution in [0.15, 0.2) is 88.3 Å². The number of carbonyl (C=O) groups is 1. The quantitative estimate of drug-likeness (QED) is 0.476. The first-order valence-electron chi connectivity index (χ1n) is 11.5. The predicted octanol–water partition coefficient (Wildman–Crippen LogP) is 3.80. The van der Waals surface area contributed by atoms with Crippen molar-refractivity contribution in [1.82, 2.24) is 14.3 Å². The van der Waals surface area contributed by atoms with Gasteiger partial charge in [-0.15, -0.1) is 4.40 Å². The first-order valence-corrected chi connectivity index (χ1v) is 13.0. The number of nitrogens with zero attached hydrogens (tertiary/aromatic N) is 4. The standard InChI is InChI=1S/C26H23N5O3S/c32-26(28-25-23(18-9-2-1-3-10-18)27-22-14-6-7-16-31(22)25)19-11-8-15-30(17-19)24-20-12-4-5-13-21(20)35(33,34)29-24/h1-7,9-10,12-14,16,19H,8,11,15,17H2,(H,28,32). The summed E-state index contributed by atoms with van der Waals surface area (Å²) in [6.07, 6.45) is 3.35. The molecular weight excluding hydrogens is 462 g/mol. The van der Waals surface area contributed by atoms with E-state index >= 15 is 0 Å². The van der Waals surface area contributed by atoms with E-state index in [0.29, 0.717) is 42.4 Å². The molecule has 6 rings (SSSR count). The normalized spacial score (nSPS) is 18.8. The monoisotopic (exact) mass is 485 g/mol. The van der Waals surface area contributed by atoms with Crippen LogP contribution in [-0.4, -0.2) is 47.5 Å². The van der Waals surface area contributed by atoms with Crippen LogP contribution >= 0.6 is 0 Å². The highest BCUT2D eigenvalue weighted by Crippen LogP contribution is 2.32. The van der Waals surface area contributed by atoms with Crippen molar-refractivity contribution in [3.8, 4) is 11.3 Å². The maximum Gasteiger partial charge on any atom is 0.285 e. The van der Waals surface area contributed by atoms with E-state index in [4.69, 9.17) is 4.98 Å². The number of pyridine rings is 1. The third-order valence-electron chi connectivity index (χ3n) is 6.52. The van der Waals surface area contributed by atoms with Crippen LogP contribution in [-0.2, 0) is 14.8 Å². The minimum absolute atomic E-state index is 0.118. The highest BCUT2D eigenvalue weighted by Gasteiger charge is 2.35. The molecule has 0 saturated carbocycles. The minimum Gasteiger partial charge on any atom is -0.355 e. The van der Waals surface area contributed by atoms with Gasteiger partial charge in [-0.3, -0.25) is 9.20 Å². The molecule has 4 heterocycles. The first-order chi connectivity index (χ1) is 17.0.